The molecule has 3 N–H and O–H groups in total. The first kappa shape index (κ1) is 18.4. The first-order valence-corrected chi connectivity index (χ1v) is 8.70. The van der Waals surface area contributed by atoms with Gasteiger partial charge in [0.25, 0.3) is 5.91 Å². The molecule has 0 fully saturated rings. The monoisotopic (exact) mass is 363 g/mol. The van der Waals surface area contributed by atoms with E-state index in [1.54, 1.807) is 25.2 Å². The molecule has 6 nitrogen and oxygen atoms in total. The molecule has 0 aliphatic carbocycles. The Balaban J connectivity index is 2.29. The van der Waals surface area contributed by atoms with Gasteiger partial charge >= 0.3 is 5.97 Å². The van der Waals surface area contributed by atoms with Crippen molar-refractivity contribution < 1.29 is 14.7 Å². The first-order chi connectivity index (χ1) is 12.9. The predicted octanol–water partition coefficient (Wildman–Crippen LogP) is 3.91. The zero-order valence-electron chi connectivity index (χ0n) is 15.5. The van der Waals surface area contributed by atoms with Crippen LogP contribution in [0, 0.1) is 6.92 Å². The normalized spacial score (nSPS) is 10.6. The van der Waals surface area contributed by atoms with Crippen molar-refractivity contribution in [2.24, 2.45) is 0 Å². The molecular formula is C21H21N3O3. The van der Waals surface area contributed by atoms with Crippen LogP contribution in [0.15, 0.2) is 42.5 Å². The summed E-state index contributed by atoms with van der Waals surface area (Å²) in [5, 5.41) is 16.2. The van der Waals surface area contributed by atoms with Crippen LogP contribution in [0.3, 0.4) is 0 Å². The van der Waals surface area contributed by atoms with Gasteiger partial charge in [-0.1, -0.05) is 24.6 Å². The van der Waals surface area contributed by atoms with Crippen molar-refractivity contribution in [1.82, 2.24) is 10.3 Å². The second kappa shape index (κ2) is 7.45. The van der Waals surface area contributed by atoms with Crippen LogP contribution in [-0.2, 0) is 6.42 Å². The molecule has 1 aromatic heterocycles. The molecule has 0 radical (unpaired) electrons. The highest BCUT2D eigenvalue weighted by molar-refractivity contribution is 6.08. The Hall–Kier alpha value is -3.41. The summed E-state index contributed by atoms with van der Waals surface area (Å²) in [5.74, 6) is -1.30. The number of carboxylic acids is 1. The molecule has 0 bridgehead atoms. The number of carboxylic acid groups (broad SMARTS) is 1. The van der Waals surface area contributed by atoms with Gasteiger partial charge in [-0.25, -0.2) is 4.79 Å². The van der Waals surface area contributed by atoms with E-state index in [0.717, 1.165) is 11.3 Å². The minimum atomic E-state index is -1.05. The molecule has 3 rings (SSSR count). The van der Waals surface area contributed by atoms with Crippen molar-refractivity contribution in [3.63, 3.8) is 0 Å². The number of amides is 1. The molecule has 0 saturated heterocycles. The number of aromatic carboxylic acids is 1. The van der Waals surface area contributed by atoms with Gasteiger partial charge in [0, 0.05) is 23.7 Å². The number of carbonyl (C=O) groups excluding carboxylic acids is 1. The lowest BCUT2D eigenvalue weighted by Crippen LogP contribution is -2.18. The van der Waals surface area contributed by atoms with Gasteiger partial charge in [0.1, 0.15) is 5.56 Å². The quantitative estimate of drug-likeness (QED) is 0.639. The van der Waals surface area contributed by atoms with E-state index in [1.165, 1.54) is 0 Å². The number of nitrogens with zero attached hydrogens (tertiary/aromatic N) is 1. The third-order valence-corrected chi connectivity index (χ3v) is 4.42. The summed E-state index contributed by atoms with van der Waals surface area (Å²) in [6.07, 6.45) is 0.483. The van der Waals surface area contributed by atoms with E-state index in [1.807, 2.05) is 38.1 Å². The molecule has 0 unspecified atom stereocenters. The summed E-state index contributed by atoms with van der Waals surface area (Å²) in [6, 6.07) is 12.8. The molecule has 2 aromatic carbocycles. The molecule has 6 heteroatoms. The molecule has 0 aliphatic heterocycles. The van der Waals surface area contributed by atoms with Crippen molar-refractivity contribution in [2.75, 3.05) is 12.4 Å². The van der Waals surface area contributed by atoms with Crippen LogP contribution < -0.4 is 10.6 Å². The number of hydrogen-bond acceptors (Lipinski definition) is 4. The summed E-state index contributed by atoms with van der Waals surface area (Å²) in [5.41, 5.74) is 4.02. The minimum absolute atomic E-state index is 0.125. The molecule has 1 heterocycles. The van der Waals surface area contributed by atoms with Crippen LogP contribution in [0.25, 0.3) is 10.9 Å². The fraction of sp³-hybridized carbons (Fsp3) is 0.190. The Morgan fingerprint density at radius 2 is 1.81 bits per heavy atom. The van der Waals surface area contributed by atoms with E-state index in [-0.39, 0.29) is 11.5 Å². The number of anilines is 2. The first-order valence-electron chi connectivity index (χ1n) is 8.70. The van der Waals surface area contributed by atoms with Crippen LogP contribution in [0.2, 0.25) is 0 Å². The second-order valence-corrected chi connectivity index (χ2v) is 6.27. The van der Waals surface area contributed by atoms with Gasteiger partial charge in [0.05, 0.1) is 16.9 Å². The Kier molecular flexibility index (Phi) is 5.07. The van der Waals surface area contributed by atoms with Crippen molar-refractivity contribution in [3.8, 4) is 0 Å². The maximum Gasteiger partial charge on any atom is 0.339 e. The molecule has 27 heavy (non-hydrogen) atoms. The SMILES string of the molecule is CCc1nc2ccc(C(=O)NC)cc2c(Nc2ccc(C)cc2)c1C(=O)O. The fourth-order valence-corrected chi connectivity index (χ4v) is 3.00. The Labute approximate surface area is 157 Å². The number of carbonyl (C=O) groups is 2. The maximum absolute atomic E-state index is 12.0. The smallest absolute Gasteiger partial charge is 0.339 e. The Bertz CT molecular complexity index is 1030. The van der Waals surface area contributed by atoms with Gasteiger partial charge < -0.3 is 15.7 Å². The summed E-state index contributed by atoms with van der Waals surface area (Å²) < 4.78 is 0. The van der Waals surface area contributed by atoms with Crippen LogP contribution in [0.1, 0.15) is 38.9 Å². The number of benzene rings is 2. The van der Waals surface area contributed by atoms with Gasteiger partial charge in [-0.2, -0.15) is 0 Å². The lowest BCUT2D eigenvalue weighted by Gasteiger charge is -2.16. The Morgan fingerprint density at radius 1 is 1.11 bits per heavy atom. The van der Waals surface area contributed by atoms with Gasteiger partial charge in [-0.15, -0.1) is 0 Å². The molecule has 0 spiro atoms. The van der Waals surface area contributed by atoms with Crippen LogP contribution in [0.5, 0.6) is 0 Å². The van der Waals surface area contributed by atoms with E-state index >= 15 is 0 Å². The van der Waals surface area contributed by atoms with Gasteiger partial charge in [-0.3, -0.25) is 9.78 Å². The van der Waals surface area contributed by atoms with E-state index in [4.69, 9.17) is 0 Å². The number of rotatable bonds is 5. The summed E-state index contributed by atoms with van der Waals surface area (Å²) in [4.78, 5) is 28.5. The zero-order valence-corrected chi connectivity index (χ0v) is 15.5. The number of hydrogen-bond donors (Lipinski definition) is 3. The molecule has 0 aliphatic rings. The van der Waals surface area contributed by atoms with Gasteiger partial charge in [0.2, 0.25) is 0 Å². The van der Waals surface area contributed by atoms with Crippen LogP contribution in [-0.4, -0.2) is 29.0 Å². The molecular weight excluding hydrogens is 342 g/mol. The molecule has 1 amide bonds. The van der Waals surface area contributed by atoms with E-state index in [2.05, 4.69) is 15.6 Å². The van der Waals surface area contributed by atoms with Gasteiger partial charge in [0.15, 0.2) is 0 Å². The predicted molar refractivity (Wildman–Crippen MR) is 106 cm³/mol. The van der Waals surface area contributed by atoms with Crippen molar-refractivity contribution in [1.29, 1.82) is 0 Å². The van der Waals surface area contributed by atoms with Crippen molar-refractivity contribution in [3.05, 3.63) is 64.8 Å². The lowest BCUT2D eigenvalue weighted by molar-refractivity contribution is 0.0696. The highest BCUT2D eigenvalue weighted by Gasteiger charge is 2.21. The summed E-state index contributed by atoms with van der Waals surface area (Å²) in [7, 11) is 1.55. The number of nitrogens with one attached hydrogen (secondary N) is 2. The van der Waals surface area contributed by atoms with Crippen molar-refractivity contribution in [2.45, 2.75) is 20.3 Å². The zero-order chi connectivity index (χ0) is 19.6. The third-order valence-electron chi connectivity index (χ3n) is 4.42. The number of aryl methyl sites for hydroxylation is 2. The number of fused-ring (bicyclic) bond motifs is 1. The third kappa shape index (κ3) is 3.60. The van der Waals surface area contributed by atoms with Crippen molar-refractivity contribution >= 4 is 34.2 Å². The number of pyridine rings is 1. The maximum atomic E-state index is 12.0. The van der Waals surface area contributed by atoms with Crippen LogP contribution in [0.4, 0.5) is 11.4 Å². The van der Waals surface area contributed by atoms with E-state index in [0.29, 0.717) is 34.3 Å². The molecule has 138 valence electrons. The molecule has 3 aromatic rings. The second-order valence-electron chi connectivity index (χ2n) is 6.27. The lowest BCUT2D eigenvalue weighted by atomic mass is 10.0. The van der Waals surface area contributed by atoms with Crippen LogP contribution >= 0.6 is 0 Å². The summed E-state index contributed by atoms with van der Waals surface area (Å²) >= 11 is 0. The van der Waals surface area contributed by atoms with E-state index in [9.17, 15) is 14.7 Å². The molecule has 0 saturated carbocycles. The minimum Gasteiger partial charge on any atom is -0.478 e. The average Bonchev–Trinajstić information content (AvgIpc) is 2.67. The van der Waals surface area contributed by atoms with Gasteiger partial charge in [-0.05, 0) is 43.7 Å². The fourth-order valence-electron chi connectivity index (χ4n) is 3.00. The van der Waals surface area contributed by atoms with E-state index < -0.39 is 5.97 Å². The topological polar surface area (TPSA) is 91.3 Å². The standard InChI is InChI=1S/C21H21N3O3/c1-4-16-18(21(26)27)19(23-14-8-5-12(2)6-9-14)15-11-13(20(25)22-3)7-10-17(15)24-16/h5-11H,4H2,1-3H3,(H,22,25)(H,23,24)(H,26,27). The Morgan fingerprint density at radius 3 is 2.41 bits per heavy atom. The average molecular weight is 363 g/mol. The largest absolute Gasteiger partial charge is 0.478 e. The summed E-state index contributed by atoms with van der Waals surface area (Å²) in [6.45, 7) is 3.86. The highest BCUT2D eigenvalue weighted by Crippen LogP contribution is 2.32. The highest BCUT2D eigenvalue weighted by atomic mass is 16.4. The molecule has 0 atom stereocenters. The number of aromatic nitrogens is 1.